The van der Waals surface area contributed by atoms with Crippen molar-refractivity contribution in [1.82, 2.24) is 4.90 Å². The molecule has 0 atom stereocenters. The molecule has 0 radical (unpaired) electrons. The highest BCUT2D eigenvalue weighted by atomic mass is 32.2. The number of hydrogen-bond acceptors (Lipinski definition) is 5. The van der Waals surface area contributed by atoms with E-state index in [-0.39, 0.29) is 17.6 Å². The van der Waals surface area contributed by atoms with Crippen LogP contribution in [0.3, 0.4) is 0 Å². The second-order valence-electron chi connectivity index (χ2n) is 4.96. The van der Waals surface area contributed by atoms with Gasteiger partial charge in [0.15, 0.2) is 0 Å². The van der Waals surface area contributed by atoms with E-state index in [1.54, 1.807) is 18.2 Å². The molecule has 0 aliphatic carbocycles. The average molecular weight is 299 g/mol. The van der Waals surface area contributed by atoms with Crippen molar-refractivity contribution in [3.63, 3.8) is 0 Å². The first kappa shape index (κ1) is 15.4. The van der Waals surface area contributed by atoms with E-state index >= 15 is 0 Å². The average Bonchev–Trinajstić information content (AvgIpc) is 2.46. The zero-order chi connectivity index (χ0) is 14.4. The number of ether oxygens (including phenoxy) is 1. The molecule has 1 aliphatic rings. The summed E-state index contributed by atoms with van der Waals surface area (Å²) < 4.78 is 34.3. The van der Waals surface area contributed by atoms with Gasteiger partial charge in [-0.15, -0.1) is 0 Å². The molecule has 1 heterocycles. The van der Waals surface area contributed by atoms with Crippen LogP contribution in [0.1, 0.15) is 12.8 Å². The summed E-state index contributed by atoms with van der Waals surface area (Å²) in [6.07, 6.45) is 2.19. The van der Waals surface area contributed by atoms with E-state index in [1.165, 1.54) is 12.1 Å². The first-order valence-corrected chi connectivity index (χ1v) is 8.23. The first-order chi connectivity index (χ1) is 9.58. The van der Waals surface area contributed by atoms with Crippen LogP contribution in [-0.4, -0.2) is 52.8 Å². The monoisotopic (exact) mass is 299 g/mol. The number of likely N-dealkylation sites (tertiary alicyclic amines) is 1. The Labute approximate surface area is 120 Å². The third-order valence-corrected chi connectivity index (χ3v) is 4.70. The molecular formula is C14H21NO4S. The maximum Gasteiger partial charge on any atom is 0.297 e. The summed E-state index contributed by atoms with van der Waals surface area (Å²) >= 11 is 0. The van der Waals surface area contributed by atoms with Gasteiger partial charge < -0.3 is 9.64 Å². The highest BCUT2D eigenvalue weighted by Gasteiger charge is 2.18. The summed E-state index contributed by atoms with van der Waals surface area (Å²) in [6, 6.07) is 8.15. The standard InChI is InChI=1S/C14H21NO4S/c1-15-9-7-13(8-10-15)18-11-12-19-20(16,17)14-5-3-2-4-6-14/h2-6,13H,7-12H2,1H3. The number of hydrogen-bond donors (Lipinski definition) is 0. The van der Waals surface area contributed by atoms with Crippen molar-refractivity contribution in [3.05, 3.63) is 30.3 Å². The lowest BCUT2D eigenvalue weighted by atomic mass is 10.1. The summed E-state index contributed by atoms with van der Waals surface area (Å²) in [6.45, 7) is 2.41. The largest absolute Gasteiger partial charge is 0.376 e. The van der Waals surface area contributed by atoms with Crippen LogP contribution >= 0.6 is 0 Å². The fourth-order valence-electron chi connectivity index (χ4n) is 2.17. The zero-order valence-corrected chi connectivity index (χ0v) is 12.5. The van der Waals surface area contributed by atoms with E-state index in [0.717, 1.165) is 25.9 Å². The fraction of sp³-hybridized carbons (Fsp3) is 0.571. The molecule has 5 nitrogen and oxygen atoms in total. The zero-order valence-electron chi connectivity index (χ0n) is 11.7. The van der Waals surface area contributed by atoms with Crippen molar-refractivity contribution in [3.8, 4) is 0 Å². The van der Waals surface area contributed by atoms with Gasteiger partial charge >= 0.3 is 0 Å². The smallest absolute Gasteiger partial charge is 0.297 e. The predicted molar refractivity (Wildman–Crippen MR) is 76.1 cm³/mol. The number of nitrogens with zero attached hydrogens (tertiary/aromatic N) is 1. The van der Waals surface area contributed by atoms with E-state index in [4.69, 9.17) is 8.92 Å². The van der Waals surface area contributed by atoms with Gasteiger partial charge in [-0.1, -0.05) is 18.2 Å². The van der Waals surface area contributed by atoms with Gasteiger partial charge in [0.2, 0.25) is 0 Å². The molecule has 1 aliphatic heterocycles. The van der Waals surface area contributed by atoms with Crippen molar-refractivity contribution in [2.75, 3.05) is 33.4 Å². The Bertz CT molecular complexity index is 495. The van der Waals surface area contributed by atoms with E-state index in [9.17, 15) is 8.42 Å². The molecule has 0 N–H and O–H groups in total. The second kappa shape index (κ2) is 7.17. The van der Waals surface area contributed by atoms with E-state index in [1.807, 2.05) is 0 Å². The Kier molecular flexibility index (Phi) is 5.54. The molecule has 0 spiro atoms. The van der Waals surface area contributed by atoms with Gasteiger partial charge in [-0.25, -0.2) is 0 Å². The first-order valence-electron chi connectivity index (χ1n) is 6.82. The van der Waals surface area contributed by atoms with Gasteiger partial charge in [0.25, 0.3) is 10.1 Å². The summed E-state index contributed by atoms with van der Waals surface area (Å²) in [5.74, 6) is 0. The number of benzene rings is 1. The van der Waals surface area contributed by atoms with Gasteiger partial charge in [-0.05, 0) is 32.0 Å². The summed E-state index contributed by atoms with van der Waals surface area (Å²) in [5, 5.41) is 0. The van der Waals surface area contributed by atoms with E-state index in [2.05, 4.69) is 11.9 Å². The predicted octanol–water partition coefficient (Wildman–Crippen LogP) is 1.50. The molecule has 1 aromatic carbocycles. The maximum absolute atomic E-state index is 11.8. The van der Waals surface area contributed by atoms with Gasteiger partial charge in [0.1, 0.15) is 0 Å². The molecular weight excluding hydrogens is 278 g/mol. The van der Waals surface area contributed by atoms with Crippen molar-refractivity contribution in [1.29, 1.82) is 0 Å². The molecule has 0 aromatic heterocycles. The summed E-state index contributed by atoms with van der Waals surface area (Å²) in [7, 11) is -1.57. The minimum Gasteiger partial charge on any atom is -0.376 e. The van der Waals surface area contributed by atoms with E-state index < -0.39 is 10.1 Å². The normalized spacial score (nSPS) is 18.2. The Hall–Kier alpha value is -0.950. The molecule has 6 heteroatoms. The molecule has 2 rings (SSSR count). The SMILES string of the molecule is CN1CCC(OCCOS(=O)(=O)c2ccccc2)CC1. The molecule has 0 amide bonds. The van der Waals surface area contributed by atoms with Crippen LogP contribution in [0.5, 0.6) is 0 Å². The van der Waals surface area contributed by atoms with Crippen LogP contribution in [0.25, 0.3) is 0 Å². The molecule has 1 fully saturated rings. The van der Waals surface area contributed by atoms with Crippen LogP contribution in [0.2, 0.25) is 0 Å². The quantitative estimate of drug-likeness (QED) is 0.588. The molecule has 0 bridgehead atoms. The number of piperidine rings is 1. The Morgan fingerprint density at radius 3 is 2.45 bits per heavy atom. The molecule has 0 saturated carbocycles. The fourth-order valence-corrected chi connectivity index (χ4v) is 3.08. The maximum atomic E-state index is 11.8. The van der Waals surface area contributed by atoms with Gasteiger partial charge in [-0.2, -0.15) is 8.42 Å². The van der Waals surface area contributed by atoms with Crippen LogP contribution in [-0.2, 0) is 19.0 Å². The van der Waals surface area contributed by atoms with E-state index in [0.29, 0.717) is 6.61 Å². The van der Waals surface area contributed by atoms with Crippen LogP contribution in [0, 0.1) is 0 Å². The van der Waals surface area contributed by atoms with Crippen LogP contribution < -0.4 is 0 Å². The molecule has 0 unspecified atom stereocenters. The minimum absolute atomic E-state index is 0.0591. The van der Waals surface area contributed by atoms with Crippen molar-refractivity contribution < 1.29 is 17.3 Å². The molecule has 20 heavy (non-hydrogen) atoms. The van der Waals surface area contributed by atoms with Crippen molar-refractivity contribution in [2.45, 2.75) is 23.8 Å². The van der Waals surface area contributed by atoms with Crippen molar-refractivity contribution in [2.24, 2.45) is 0 Å². The third kappa shape index (κ3) is 4.56. The molecule has 1 saturated heterocycles. The Balaban J connectivity index is 1.71. The lowest BCUT2D eigenvalue weighted by Gasteiger charge is -2.28. The lowest BCUT2D eigenvalue weighted by Crippen LogP contribution is -2.34. The second-order valence-corrected chi connectivity index (χ2v) is 6.58. The highest BCUT2D eigenvalue weighted by molar-refractivity contribution is 7.86. The van der Waals surface area contributed by atoms with Gasteiger partial charge in [0, 0.05) is 13.1 Å². The highest BCUT2D eigenvalue weighted by Crippen LogP contribution is 2.13. The summed E-state index contributed by atoms with van der Waals surface area (Å²) in [5.41, 5.74) is 0. The topological polar surface area (TPSA) is 55.8 Å². The Morgan fingerprint density at radius 1 is 1.15 bits per heavy atom. The van der Waals surface area contributed by atoms with Gasteiger partial charge in [0.05, 0.1) is 24.2 Å². The number of rotatable bonds is 6. The van der Waals surface area contributed by atoms with Gasteiger partial charge in [-0.3, -0.25) is 4.18 Å². The Morgan fingerprint density at radius 2 is 1.80 bits per heavy atom. The minimum atomic E-state index is -3.66. The van der Waals surface area contributed by atoms with Crippen LogP contribution in [0.4, 0.5) is 0 Å². The molecule has 112 valence electrons. The van der Waals surface area contributed by atoms with Crippen molar-refractivity contribution >= 4 is 10.1 Å². The summed E-state index contributed by atoms with van der Waals surface area (Å²) in [4.78, 5) is 2.44. The van der Waals surface area contributed by atoms with Crippen LogP contribution in [0.15, 0.2) is 35.2 Å². The lowest BCUT2D eigenvalue weighted by molar-refractivity contribution is 0.000472. The third-order valence-electron chi connectivity index (χ3n) is 3.37. The molecule has 1 aromatic rings.